The Balaban J connectivity index is 1.09. The van der Waals surface area contributed by atoms with Crippen molar-refractivity contribution in [1.29, 1.82) is 0 Å². The number of hydrogen-bond donors (Lipinski definition) is 3. The third-order valence-electron chi connectivity index (χ3n) is 8.75. The first-order valence-electron chi connectivity index (χ1n) is 14.1. The number of fused-ring (bicyclic) bond motifs is 2. The van der Waals surface area contributed by atoms with Crippen molar-refractivity contribution in [3.63, 3.8) is 0 Å². The number of rotatable bonds is 6. The highest BCUT2D eigenvalue weighted by Gasteiger charge is 2.51. The summed E-state index contributed by atoms with van der Waals surface area (Å²) in [5.74, 6) is -1.38. The number of amides is 4. The Labute approximate surface area is 249 Å². The van der Waals surface area contributed by atoms with Crippen LogP contribution >= 0.6 is 18.9 Å². The molecule has 0 radical (unpaired) electrons. The largest absolute Gasteiger partial charge is 0.399 e. The van der Waals surface area contributed by atoms with Gasteiger partial charge in [0.2, 0.25) is 17.7 Å². The van der Waals surface area contributed by atoms with Gasteiger partial charge in [0.1, 0.15) is 12.1 Å². The molecule has 6 rings (SSSR count). The lowest BCUT2D eigenvalue weighted by molar-refractivity contribution is -0.157. The van der Waals surface area contributed by atoms with Crippen molar-refractivity contribution < 1.29 is 47.0 Å². The highest BCUT2D eigenvalue weighted by atomic mass is 32.1. The lowest BCUT2D eigenvalue weighted by Crippen LogP contribution is -2.63. The molecule has 232 valence electrons. The van der Waals surface area contributed by atoms with Crippen LogP contribution in [0.3, 0.4) is 0 Å². The fourth-order valence-corrected chi connectivity index (χ4v) is 7.77. The summed E-state index contributed by atoms with van der Waals surface area (Å²) < 4.78 is 45.4. The van der Waals surface area contributed by atoms with Crippen LogP contribution in [-0.2, 0) is 29.3 Å². The minimum atomic E-state index is -5.75. The van der Waals surface area contributed by atoms with Gasteiger partial charge in [0.25, 0.3) is 5.91 Å². The summed E-state index contributed by atoms with van der Waals surface area (Å²) >= 11 is 0.999. The van der Waals surface area contributed by atoms with Gasteiger partial charge in [-0.05, 0) is 49.3 Å². The zero-order valence-electron chi connectivity index (χ0n) is 23.0. The molecule has 4 amide bonds. The van der Waals surface area contributed by atoms with Crippen LogP contribution in [0.15, 0.2) is 24.3 Å². The molecule has 2 aromatic rings. The molecule has 16 heteroatoms. The van der Waals surface area contributed by atoms with E-state index in [0.29, 0.717) is 69.8 Å². The molecular weight excluding hydrogens is 609 g/mol. The molecule has 3 atom stereocenters. The smallest absolute Gasteiger partial charge is 0.378 e. The number of hydrogen-bond acceptors (Lipinski definition) is 7. The maximum atomic E-state index is 14.2. The van der Waals surface area contributed by atoms with Gasteiger partial charge in [-0.2, -0.15) is 8.78 Å². The predicted molar refractivity (Wildman–Crippen MR) is 149 cm³/mol. The highest BCUT2D eigenvalue weighted by molar-refractivity contribution is 7.52. The summed E-state index contributed by atoms with van der Waals surface area (Å²) in [6.07, 6.45) is 2.17. The summed E-state index contributed by atoms with van der Waals surface area (Å²) in [6.45, 7) is 2.71. The van der Waals surface area contributed by atoms with Gasteiger partial charge < -0.3 is 34.5 Å². The summed E-state index contributed by atoms with van der Waals surface area (Å²) in [5.41, 5.74) is -5.24. The number of ether oxygens (including phenoxy) is 1. The second kappa shape index (κ2) is 11.2. The second-order valence-corrected chi connectivity index (χ2v) is 14.2. The average molecular weight is 641 g/mol. The van der Waals surface area contributed by atoms with Crippen LogP contribution in [0, 0.1) is 5.92 Å². The Morgan fingerprint density at radius 3 is 2.40 bits per heavy atom. The second-order valence-electron chi connectivity index (χ2n) is 11.4. The van der Waals surface area contributed by atoms with Crippen LogP contribution in [0.5, 0.6) is 0 Å². The number of carbonyl (C=O) groups is 4. The maximum absolute atomic E-state index is 14.2. The summed E-state index contributed by atoms with van der Waals surface area (Å²) in [5, 5.41) is 2.93. The number of likely N-dealkylation sites (tertiary alicyclic amines) is 1. The number of carbonyl (C=O) groups excluding carboxylic acids is 4. The van der Waals surface area contributed by atoms with Crippen molar-refractivity contribution in [2.24, 2.45) is 5.92 Å². The van der Waals surface area contributed by atoms with E-state index >= 15 is 0 Å². The summed E-state index contributed by atoms with van der Waals surface area (Å²) in [4.78, 5) is 75.9. The van der Waals surface area contributed by atoms with E-state index < -0.39 is 36.8 Å². The quantitative estimate of drug-likeness (QED) is 0.403. The Hall–Kier alpha value is -2.97. The molecule has 12 nitrogen and oxygen atoms in total. The standard InChI is InChI=1S/C27H31F2N4O8PS/c28-27(29,42(38,39)40)17-1-6-21-15(11-17)12-22(43-21)23(34)30-19-4-2-18-3-5-20(33(18)25(19)36)26(37)32-13-16(14-32)24(35)31-7-9-41-10-8-31/h1,6,11-12,16,18-20H,2-5,7-10,13-14H2,(H,30,34)(H2,38,39,40)/t18-,19-,20-/m0/s1. The molecule has 5 heterocycles. The number of nitrogens with zero attached hydrogens (tertiary/aromatic N) is 3. The molecule has 1 aromatic heterocycles. The molecule has 0 unspecified atom stereocenters. The fraction of sp³-hybridized carbons (Fsp3) is 0.556. The van der Waals surface area contributed by atoms with Crippen molar-refractivity contribution in [3.8, 4) is 0 Å². The number of benzene rings is 1. The zero-order valence-corrected chi connectivity index (χ0v) is 24.7. The van der Waals surface area contributed by atoms with Crippen LogP contribution in [0.1, 0.15) is 40.9 Å². The molecular formula is C27H31F2N4O8PS. The number of alkyl halides is 2. The molecule has 43 heavy (non-hydrogen) atoms. The first kappa shape index (κ1) is 30.1. The van der Waals surface area contributed by atoms with Crippen molar-refractivity contribution in [1.82, 2.24) is 20.0 Å². The average Bonchev–Trinajstić information content (AvgIpc) is 3.58. The minimum Gasteiger partial charge on any atom is -0.378 e. The van der Waals surface area contributed by atoms with Gasteiger partial charge in [0.15, 0.2) is 0 Å². The molecule has 4 fully saturated rings. The molecule has 1 aromatic carbocycles. The van der Waals surface area contributed by atoms with Crippen molar-refractivity contribution in [2.45, 2.75) is 49.5 Å². The Kier molecular flexibility index (Phi) is 7.82. The van der Waals surface area contributed by atoms with Crippen LogP contribution in [0.4, 0.5) is 8.78 Å². The molecule has 0 saturated carbocycles. The summed E-state index contributed by atoms with van der Waals surface area (Å²) in [7, 11) is -5.75. The van der Waals surface area contributed by atoms with Gasteiger partial charge in [-0.15, -0.1) is 11.3 Å². The van der Waals surface area contributed by atoms with E-state index in [-0.39, 0.29) is 39.9 Å². The van der Waals surface area contributed by atoms with Gasteiger partial charge in [-0.1, -0.05) is 6.07 Å². The fourth-order valence-electron chi connectivity index (χ4n) is 6.35. The topological polar surface area (TPSA) is 157 Å². The molecule has 0 aliphatic carbocycles. The van der Waals surface area contributed by atoms with Gasteiger partial charge in [0, 0.05) is 42.5 Å². The van der Waals surface area contributed by atoms with E-state index in [9.17, 15) is 32.5 Å². The van der Waals surface area contributed by atoms with E-state index in [1.54, 1.807) is 14.7 Å². The van der Waals surface area contributed by atoms with E-state index in [0.717, 1.165) is 23.5 Å². The molecule has 0 spiro atoms. The number of thiophene rings is 1. The first-order valence-corrected chi connectivity index (χ1v) is 16.5. The molecule has 3 N–H and O–H groups in total. The third-order valence-corrected chi connectivity index (χ3v) is 10.9. The Bertz CT molecular complexity index is 1520. The van der Waals surface area contributed by atoms with Gasteiger partial charge >= 0.3 is 13.3 Å². The van der Waals surface area contributed by atoms with Gasteiger partial charge in [-0.25, -0.2) is 0 Å². The Morgan fingerprint density at radius 2 is 1.70 bits per heavy atom. The van der Waals surface area contributed by atoms with E-state index in [1.807, 2.05) is 0 Å². The minimum absolute atomic E-state index is 0.0152. The van der Waals surface area contributed by atoms with E-state index in [4.69, 9.17) is 14.5 Å². The van der Waals surface area contributed by atoms with Crippen molar-refractivity contribution >= 4 is 52.6 Å². The normalized spacial score (nSPS) is 25.1. The zero-order chi connectivity index (χ0) is 30.7. The van der Waals surface area contributed by atoms with Gasteiger partial charge in [0.05, 0.1) is 24.0 Å². The Morgan fingerprint density at radius 1 is 1.00 bits per heavy atom. The van der Waals surface area contributed by atoms with Crippen LogP contribution < -0.4 is 5.32 Å². The number of nitrogens with one attached hydrogen (secondary N) is 1. The summed E-state index contributed by atoms with van der Waals surface area (Å²) in [6, 6.07) is 2.81. The van der Waals surface area contributed by atoms with E-state index in [1.165, 1.54) is 12.1 Å². The highest BCUT2D eigenvalue weighted by Crippen LogP contribution is 2.59. The van der Waals surface area contributed by atoms with Crippen molar-refractivity contribution in [3.05, 3.63) is 34.7 Å². The lowest BCUT2D eigenvalue weighted by Gasteiger charge is -2.44. The molecule has 4 aliphatic heterocycles. The third kappa shape index (κ3) is 5.46. The predicted octanol–water partition coefficient (Wildman–Crippen LogP) is 1.70. The monoisotopic (exact) mass is 640 g/mol. The van der Waals surface area contributed by atoms with Gasteiger partial charge in [-0.3, -0.25) is 23.7 Å². The van der Waals surface area contributed by atoms with Crippen molar-refractivity contribution in [2.75, 3.05) is 39.4 Å². The SMILES string of the molecule is O=C(N[C@H]1CC[C@H]2CC[C@@H](C(=O)N3CC(C(=O)N4CCOCC4)C3)N2C1=O)c1cc2cc(C(F)(F)P(=O)(O)O)ccc2s1. The lowest BCUT2D eigenvalue weighted by atomic mass is 9.96. The van der Waals surface area contributed by atoms with Crippen LogP contribution in [-0.4, -0.2) is 106 Å². The molecule has 4 aliphatic rings. The number of halogens is 2. The molecule has 4 saturated heterocycles. The van der Waals surface area contributed by atoms with Crippen LogP contribution in [0.25, 0.3) is 10.1 Å². The maximum Gasteiger partial charge on any atom is 0.399 e. The van der Waals surface area contributed by atoms with Crippen LogP contribution in [0.2, 0.25) is 0 Å². The number of piperidine rings is 1. The molecule has 0 bridgehead atoms. The van der Waals surface area contributed by atoms with E-state index in [2.05, 4.69) is 5.32 Å². The number of morpholine rings is 1. The first-order chi connectivity index (χ1) is 20.3.